The van der Waals surface area contributed by atoms with E-state index in [1.165, 1.54) is 25.0 Å². The van der Waals surface area contributed by atoms with Gasteiger partial charge in [0.1, 0.15) is 0 Å². The second kappa shape index (κ2) is 5.61. The molecule has 0 bridgehead atoms. The Hall–Kier alpha value is -0.220. The van der Waals surface area contributed by atoms with Crippen molar-refractivity contribution in [3.8, 4) is 0 Å². The van der Waals surface area contributed by atoms with Gasteiger partial charge in [-0.25, -0.2) is 0 Å². The van der Waals surface area contributed by atoms with E-state index >= 15 is 0 Å². The molecule has 2 aliphatic rings. The van der Waals surface area contributed by atoms with E-state index in [0.29, 0.717) is 6.04 Å². The molecule has 0 aromatic rings. The third kappa shape index (κ3) is 3.62. The molecule has 98 valence electrons. The average Bonchev–Trinajstić information content (AvgIpc) is 2.73. The fourth-order valence-corrected chi connectivity index (χ4v) is 3.76. The van der Waals surface area contributed by atoms with Gasteiger partial charge >= 0.3 is 0 Å². The van der Waals surface area contributed by atoms with Gasteiger partial charge in [0.2, 0.25) is 0 Å². The Balaban J connectivity index is 1.86. The molecule has 2 fully saturated rings. The van der Waals surface area contributed by atoms with E-state index in [-0.39, 0.29) is 5.60 Å². The average molecular weight is 256 g/mol. The van der Waals surface area contributed by atoms with Gasteiger partial charge in [0.15, 0.2) is 5.17 Å². The second-order valence-electron chi connectivity index (χ2n) is 5.57. The lowest BCUT2D eigenvalue weighted by molar-refractivity contribution is -0.00209. The van der Waals surface area contributed by atoms with Gasteiger partial charge in [-0.05, 0) is 39.5 Å². The number of ether oxygens (including phenoxy) is 1. The third-order valence-electron chi connectivity index (χ3n) is 3.54. The summed E-state index contributed by atoms with van der Waals surface area (Å²) in [6, 6.07) is 0.685. The molecule has 1 saturated carbocycles. The maximum Gasteiger partial charge on any atom is 0.156 e. The van der Waals surface area contributed by atoms with E-state index in [1.54, 1.807) is 0 Å². The molecule has 3 nitrogen and oxygen atoms in total. The zero-order valence-electron chi connectivity index (χ0n) is 11.2. The minimum Gasteiger partial charge on any atom is -0.374 e. The maximum atomic E-state index is 5.66. The van der Waals surface area contributed by atoms with Crippen molar-refractivity contribution in [2.24, 2.45) is 10.9 Å². The highest BCUT2D eigenvalue weighted by Gasteiger charge is 2.32. The summed E-state index contributed by atoms with van der Waals surface area (Å²) >= 11 is 1.88. The molecular weight excluding hydrogens is 232 g/mol. The highest BCUT2D eigenvalue weighted by atomic mass is 32.2. The van der Waals surface area contributed by atoms with E-state index < -0.39 is 0 Å². The van der Waals surface area contributed by atoms with Gasteiger partial charge in [-0.1, -0.05) is 18.2 Å². The van der Waals surface area contributed by atoms with Crippen molar-refractivity contribution in [3.05, 3.63) is 0 Å². The molecule has 1 aliphatic heterocycles. The Bertz CT molecular complexity index is 291. The number of amidine groups is 1. The van der Waals surface area contributed by atoms with Crippen LogP contribution in [0.4, 0.5) is 0 Å². The van der Waals surface area contributed by atoms with Crippen LogP contribution in [0.15, 0.2) is 4.99 Å². The molecule has 0 spiro atoms. The maximum absolute atomic E-state index is 5.66. The fraction of sp³-hybridized carbons (Fsp3) is 0.923. The van der Waals surface area contributed by atoms with Gasteiger partial charge in [-0.2, -0.15) is 0 Å². The van der Waals surface area contributed by atoms with Crippen LogP contribution in [-0.2, 0) is 4.74 Å². The molecule has 1 N–H and O–H groups in total. The largest absolute Gasteiger partial charge is 0.374 e. The van der Waals surface area contributed by atoms with Gasteiger partial charge in [0.25, 0.3) is 0 Å². The first kappa shape index (κ1) is 13.2. The molecule has 2 atom stereocenters. The summed E-state index contributed by atoms with van der Waals surface area (Å²) in [5.41, 5.74) is -0.142. The molecular formula is C13H24N2OS. The predicted octanol–water partition coefficient (Wildman–Crippen LogP) is 2.66. The second-order valence-corrected chi connectivity index (χ2v) is 6.58. The Morgan fingerprint density at radius 3 is 3.06 bits per heavy atom. The van der Waals surface area contributed by atoms with E-state index in [9.17, 15) is 0 Å². The summed E-state index contributed by atoms with van der Waals surface area (Å²) < 4.78 is 5.66. The topological polar surface area (TPSA) is 33.6 Å². The predicted molar refractivity (Wildman–Crippen MR) is 74.7 cm³/mol. The Morgan fingerprint density at radius 2 is 2.29 bits per heavy atom. The lowest BCUT2D eigenvalue weighted by atomic mass is 10.1. The van der Waals surface area contributed by atoms with E-state index in [0.717, 1.165) is 24.2 Å². The summed E-state index contributed by atoms with van der Waals surface area (Å²) in [5, 5.41) is 4.71. The minimum atomic E-state index is -0.142. The van der Waals surface area contributed by atoms with Gasteiger partial charge in [-0.3, -0.25) is 4.99 Å². The standard InChI is InChI=1S/C13H24N2OS/c1-4-16-13(2,3)9-14-12-15-11-7-5-6-10(11)8-17-12/h10-11H,4-9H2,1-3H3,(H,14,15). The summed E-state index contributed by atoms with van der Waals surface area (Å²) in [6.45, 7) is 7.74. The summed E-state index contributed by atoms with van der Waals surface area (Å²) in [5.74, 6) is 2.12. The van der Waals surface area contributed by atoms with Crippen molar-refractivity contribution in [1.29, 1.82) is 0 Å². The Morgan fingerprint density at radius 1 is 1.47 bits per heavy atom. The number of nitrogens with one attached hydrogen (secondary N) is 1. The lowest BCUT2D eigenvalue weighted by Gasteiger charge is -2.29. The molecule has 1 heterocycles. The van der Waals surface area contributed by atoms with Gasteiger partial charge in [0.05, 0.1) is 12.1 Å². The fourth-order valence-electron chi connectivity index (χ4n) is 2.60. The summed E-state index contributed by atoms with van der Waals surface area (Å²) in [6.07, 6.45) is 4.09. The number of thioether (sulfide) groups is 1. The van der Waals surface area contributed by atoms with Crippen molar-refractivity contribution in [1.82, 2.24) is 5.32 Å². The number of hydrogen-bond donors (Lipinski definition) is 1. The molecule has 1 saturated heterocycles. The van der Waals surface area contributed by atoms with Crippen LogP contribution in [0.2, 0.25) is 0 Å². The SMILES string of the molecule is CCOC(C)(C)CN=C1NC2CCCC2CS1. The van der Waals surface area contributed by atoms with E-state index in [1.807, 2.05) is 18.7 Å². The minimum absolute atomic E-state index is 0.142. The van der Waals surface area contributed by atoms with Crippen LogP contribution in [0.25, 0.3) is 0 Å². The Labute approximate surface area is 109 Å². The molecule has 2 unspecified atom stereocenters. The molecule has 2 rings (SSSR count). The van der Waals surface area contributed by atoms with Crippen molar-refractivity contribution < 1.29 is 4.74 Å². The van der Waals surface area contributed by atoms with Crippen molar-refractivity contribution in [3.63, 3.8) is 0 Å². The zero-order valence-corrected chi connectivity index (χ0v) is 12.0. The van der Waals surface area contributed by atoms with Gasteiger partial charge in [-0.15, -0.1) is 0 Å². The molecule has 0 amide bonds. The van der Waals surface area contributed by atoms with Crippen molar-refractivity contribution in [2.45, 2.75) is 51.7 Å². The summed E-state index contributed by atoms with van der Waals surface area (Å²) in [4.78, 5) is 4.68. The highest BCUT2D eigenvalue weighted by Crippen LogP contribution is 2.32. The number of nitrogens with zero attached hydrogens (tertiary/aromatic N) is 1. The van der Waals surface area contributed by atoms with Crippen LogP contribution in [0.5, 0.6) is 0 Å². The monoisotopic (exact) mass is 256 g/mol. The molecule has 4 heteroatoms. The smallest absolute Gasteiger partial charge is 0.156 e. The quantitative estimate of drug-likeness (QED) is 0.839. The number of hydrogen-bond acceptors (Lipinski definition) is 3. The number of rotatable bonds is 4. The van der Waals surface area contributed by atoms with Crippen molar-refractivity contribution >= 4 is 16.9 Å². The van der Waals surface area contributed by atoms with Crippen LogP contribution in [-0.4, -0.2) is 35.7 Å². The van der Waals surface area contributed by atoms with Gasteiger partial charge in [0, 0.05) is 18.4 Å². The first-order valence-electron chi connectivity index (χ1n) is 6.68. The molecule has 0 aromatic heterocycles. The zero-order chi connectivity index (χ0) is 12.3. The van der Waals surface area contributed by atoms with E-state index in [2.05, 4.69) is 24.2 Å². The van der Waals surface area contributed by atoms with Crippen LogP contribution in [0.3, 0.4) is 0 Å². The lowest BCUT2D eigenvalue weighted by Crippen LogP contribution is -2.42. The van der Waals surface area contributed by atoms with Crippen molar-refractivity contribution in [2.75, 3.05) is 18.9 Å². The molecule has 17 heavy (non-hydrogen) atoms. The van der Waals surface area contributed by atoms with Crippen LogP contribution in [0, 0.1) is 5.92 Å². The Kier molecular flexibility index (Phi) is 4.36. The van der Waals surface area contributed by atoms with Crippen LogP contribution < -0.4 is 5.32 Å². The number of aliphatic imine (C=N–C) groups is 1. The van der Waals surface area contributed by atoms with Crippen LogP contribution in [0.1, 0.15) is 40.0 Å². The first-order valence-corrected chi connectivity index (χ1v) is 7.67. The summed E-state index contributed by atoms with van der Waals surface area (Å²) in [7, 11) is 0. The van der Waals surface area contributed by atoms with Gasteiger partial charge < -0.3 is 10.1 Å². The third-order valence-corrected chi connectivity index (χ3v) is 4.66. The van der Waals surface area contributed by atoms with E-state index in [4.69, 9.17) is 4.74 Å². The molecule has 0 aromatic carbocycles. The highest BCUT2D eigenvalue weighted by molar-refractivity contribution is 8.13. The van der Waals surface area contributed by atoms with Crippen LogP contribution >= 0.6 is 11.8 Å². The first-order chi connectivity index (χ1) is 8.11. The molecule has 0 radical (unpaired) electrons. The number of fused-ring (bicyclic) bond motifs is 1. The normalized spacial score (nSPS) is 31.4. The molecule has 1 aliphatic carbocycles.